The fraction of sp³-hybridized carbons (Fsp3) is 0.381. The normalized spacial score (nSPS) is 19.0. The fourth-order valence-corrected chi connectivity index (χ4v) is 3.15. The molecule has 0 radical (unpaired) electrons. The predicted molar refractivity (Wildman–Crippen MR) is 97.9 cm³/mol. The summed E-state index contributed by atoms with van der Waals surface area (Å²) in [4.78, 5) is 12.6. The lowest BCUT2D eigenvalue weighted by Gasteiger charge is -2.38. The molecule has 0 aliphatic carbocycles. The molecule has 0 saturated carbocycles. The lowest BCUT2D eigenvalue weighted by Crippen LogP contribution is -2.44. The van der Waals surface area contributed by atoms with Crippen LogP contribution < -0.4 is 14.8 Å². The summed E-state index contributed by atoms with van der Waals surface area (Å²) in [7, 11) is 0. The van der Waals surface area contributed by atoms with Gasteiger partial charge in [0.05, 0.1) is 6.04 Å². The zero-order chi connectivity index (χ0) is 18.9. The van der Waals surface area contributed by atoms with E-state index < -0.39 is 6.10 Å². The van der Waals surface area contributed by atoms with Crippen LogP contribution in [0.25, 0.3) is 0 Å². The Morgan fingerprint density at radius 2 is 1.96 bits per heavy atom. The van der Waals surface area contributed by atoms with Crippen LogP contribution in [0.3, 0.4) is 0 Å². The van der Waals surface area contributed by atoms with Gasteiger partial charge >= 0.3 is 0 Å². The second-order valence-electron chi connectivity index (χ2n) is 7.38. The van der Waals surface area contributed by atoms with Gasteiger partial charge < -0.3 is 14.8 Å². The second kappa shape index (κ2) is 6.98. The van der Waals surface area contributed by atoms with Gasteiger partial charge in [0.1, 0.15) is 22.9 Å². The molecule has 0 aromatic heterocycles. The van der Waals surface area contributed by atoms with Crippen molar-refractivity contribution in [2.45, 2.75) is 51.9 Å². The van der Waals surface area contributed by atoms with Crippen molar-refractivity contribution < 1.29 is 18.7 Å². The third-order valence-electron chi connectivity index (χ3n) is 4.44. The van der Waals surface area contributed by atoms with E-state index in [0.29, 0.717) is 12.2 Å². The topological polar surface area (TPSA) is 47.6 Å². The zero-order valence-electron chi connectivity index (χ0n) is 15.5. The van der Waals surface area contributed by atoms with Gasteiger partial charge in [-0.3, -0.25) is 4.79 Å². The molecule has 2 aromatic carbocycles. The molecule has 0 fully saturated rings. The molecule has 2 aromatic rings. The Morgan fingerprint density at radius 3 is 2.65 bits per heavy atom. The Labute approximate surface area is 153 Å². The van der Waals surface area contributed by atoms with Crippen molar-refractivity contribution in [3.8, 4) is 11.5 Å². The van der Waals surface area contributed by atoms with E-state index in [1.54, 1.807) is 6.92 Å². The molecular weight excluding hydrogens is 333 g/mol. The highest BCUT2D eigenvalue weighted by Gasteiger charge is 2.35. The number of aryl methyl sites for hydroxylation is 1. The molecule has 0 saturated heterocycles. The third-order valence-corrected chi connectivity index (χ3v) is 4.44. The largest absolute Gasteiger partial charge is 0.487 e. The van der Waals surface area contributed by atoms with Crippen LogP contribution in [0.4, 0.5) is 4.39 Å². The van der Waals surface area contributed by atoms with Crippen LogP contribution in [0.2, 0.25) is 0 Å². The first-order valence-corrected chi connectivity index (χ1v) is 8.76. The standard InChI is InChI=1S/C21H24FNO3/c1-13-5-10-17-18(12-21(3,4)26-19(17)11-13)23-20(24)14(2)25-16-8-6-15(22)7-9-16/h5-11,14,18H,12H2,1-4H3,(H,23,24)/t14-,18+/m0/s1. The molecule has 26 heavy (non-hydrogen) atoms. The monoisotopic (exact) mass is 357 g/mol. The molecule has 1 N–H and O–H groups in total. The minimum absolute atomic E-state index is 0.152. The number of fused-ring (bicyclic) bond motifs is 1. The maximum absolute atomic E-state index is 13.0. The molecule has 138 valence electrons. The van der Waals surface area contributed by atoms with Crippen molar-refractivity contribution in [3.05, 3.63) is 59.4 Å². The van der Waals surface area contributed by atoms with Crippen LogP contribution >= 0.6 is 0 Å². The van der Waals surface area contributed by atoms with Crippen LogP contribution in [0.1, 0.15) is 44.4 Å². The first-order chi connectivity index (χ1) is 12.2. The third kappa shape index (κ3) is 4.15. The summed E-state index contributed by atoms with van der Waals surface area (Å²) in [6.07, 6.45) is -0.0294. The van der Waals surface area contributed by atoms with Gasteiger partial charge in [-0.1, -0.05) is 12.1 Å². The average Bonchev–Trinajstić information content (AvgIpc) is 2.55. The van der Waals surface area contributed by atoms with Gasteiger partial charge in [-0.2, -0.15) is 0 Å². The average molecular weight is 357 g/mol. The number of carbonyl (C=O) groups excluding carboxylic acids is 1. The lowest BCUT2D eigenvalue weighted by molar-refractivity contribution is -0.128. The number of amides is 1. The summed E-state index contributed by atoms with van der Waals surface area (Å²) >= 11 is 0. The minimum atomic E-state index is -0.694. The molecule has 0 bridgehead atoms. The molecule has 4 nitrogen and oxygen atoms in total. The predicted octanol–water partition coefficient (Wildman–Crippen LogP) is 4.32. The van der Waals surface area contributed by atoms with Crippen LogP contribution in [-0.2, 0) is 4.79 Å². The zero-order valence-corrected chi connectivity index (χ0v) is 15.5. The first kappa shape index (κ1) is 18.2. The molecule has 1 heterocycles. The van der Waals surface area contributed by atoms with Crippen molar-refractivity contribution in [2.75, 3.05) is 0 Å². The van der Waals surface area contributed by atoms with Crippen molar-refractivity contribution >= 4 is 5.91 Å². The van der Waals surface area contributed by atoms with E-state index in [1.807, 2.05) is 39.0 Å². The number of hydrogen-bond acceptors (Lipinski definition) is 3. The summed E-state index contributed by atoms with van der Waals surface area (Å²) < 4.78 is 24.7. The summed E-state index contributed by atoms with van der Waals surface area (Å²) in [6.45, 7) is 7.71. The maximum Gasteiger partial charge on any atom is 0.261 e. The summed E-state index contributed by atoms with van der Waals surface area (Å²) in [5, 5.41) is 3.06. The van der Waals surface area contributed by atoms with Crippen molar-refractivity contribution in [3.63, 3.8) is 0 Å². The Morgan fingerprint density at radius 1 is 1.27 bits per heavy atom. The molecule has 1 amide bonds. The lowest BCUT2D eigenvalue weighted by atomic mass is 9.89. The van der Waals surface area contributed by atoms with E-state index in [1.165, 1.54) is 24.3 Å². The van der Waals surface area contributed by atoms with E-state index in [2.05, 4.69) is 5.32 Å². The molecule has 1 aliphatic heterocycles. The smallest absolute Gasteiger partial charge is 0.261 e. The van der Waals surface area contributed by atoms with E-state index >= 15 is 0 Å². The second-order valence-corrected chi connectivity index (χ2v) is 7.38. The Kier molecular flexibility index (Phi) is 4.90. The Balaban J connectivity index is 1.73. The van der Waals surface area contributed by atoms with Gasteiger partial charge in [0.15, 0.2) is 6.10 Å². The number of nitrogens with one attached hydrogen (secondary N) is 1. The van der Waals surface area contributed by atoms with Gasteiger partial charge in [0.25, 0.3) is 5.91 Å². The Hall–Kier alpha value is -2.56. The van der Waals surface area contributed by atoms with Gasteiger partial charge in [-0.25, -0.2) is 4.39 Å². The number of benzene rings is 2. The molecule has 0 unspecified atom stereocenters. The number of hydrogen-bond donors (Lipinski definition) is 1. The number of rotatable bonds is 4. The van der Waals surface area contributed by atoms with E-state index in [4.69, 9.17) is 9.47 Å². The molecule has 3 rings (SSSR count). The number of carbonyl (C=O) groups is 1. The fourth-order valence-electron chi connectivity index (χ4n) is 3.15. The number of ether oxygens (including phenoxy) is 2. The quantitative estimate of drug-likeness (QED) is 0.886. The molecule has 0 spiro atoms. The highest BCUT2D eigenvalue weighted by molar-refractivity contribution is 5.81. The van der Waals surface area contributed by atoms with Gasteiger partial charge in [-0.05, 0) is 63.6 Å². The van der Waals surface area contributed by atoms with Crippen LogP contribution in [0.15, 0.2) is 42.5 Å². The maximum atomic E-state index is 13.0. The SMILES string of the molecule is Cc1ccc2c(c1)OC(C)(C)C[C@H]2NC(=O)[C@H](C)Oc1ccc(F)cc1. The van der Waals surface area contributed by atoms with Gasteiger partial charge in [0, 0.05) is 12.0 Å². The minimum Gasteiger partial charge on any atom is -0.487 e. The summed E-state index contributed by atoms with van der Waals surface area (Å²) in [6, 6.07) is 11.5. The Bertz CT molecular complexity index is 801. The molecule has 1 aliphatic rings. The van der Waals surface area contributed by atoms with E-state index in [0.717, 1.165) is 16.9 Å². The van der Waals surface area contributed by atoms with Crippen LogP contribution in [-0.4, -0.2) is 17.6 Å². The summed E-state index contributed by atoms with van der Waals surface area (Å²) in [5.74, 6) is 0.699. The molecule has 5 heteroatoms. The first-order valence-electron chi connectivity index (χ1n) is 8.76. The van der Waals surface area contributed by atoms with E-state index in [9.17, 15) is 9.18 Å². The molecule has 2 atom stereocenters. The van der Waals surface area contributed by atoms with Crippen LogP contribution in [0, 0.1) is 12.7 Å². The van der Waals surface area contributed by atoms with E-state index in [-0.39, 0.29) is 23.4 Å². The van der Waals surface area contributed by atoms with Crippen molar-refractivity contribution in [2.24, 2.45) is 0 Å². The van der Waals surface area contributed by atoms with Crippen molar-refractivity contribution in [1.82, 2.24) is 5.32 Å². The summed E-state index contributed by atoms with van der Waals surface area (Å²) in [5.41, 5.74) is 1.71. The molecular formula is C21H24FNO3. The van der Waals surface area contributed by atoms with Gasteiger partial charge in [-0.15, -0.1) is 0 Å². The van der Waals surface area contributed by atoms with Crippen LogP contribution in [0.5, 0.6) is 11.5 Å². The number of halogens is 1. The highest BCUT2D eigenvalue weighted by Crippen LogP contribution is 2.39. The van der Waals surface area contributed by atoms with Crippen molar-refractivity contribution in [1.29, 1.82) is 0 Å². The highest BCUT2D eigenvalue weighted by atomic mass is 19.1. The van der Waals surface area contributed by atoms with Gasteiger partial charge in [0.2, 0.25) is 0 Å².